The molecule has 1 amide bonds. The second kappa shape index (κ2) is 6.90. The van der Waals surface area contributed by atoms with E-state index in [-0.39, 0.29) is 11.6 Å². The van der Waals surface area contributed by atoms with Crippen LogP contribution in [0.15, 0.2) is 29.4 Å². The number of halogens is 1. The zero-order valence-electron chi connectivity index (χ0n) is 10.8. The fourth-order valence-electron chi connectivity index (χ4n) is 1.37. The third-order valence-corrected chi connectivity index (χ3v) is 2.69. The van der Waals surface area contributed by atoms with E-state index in [0.29, 0.717) is 16.2 Å². The Morgan fingerprint density at radius 3 is 2.75 bits per heavy atom. The molecule has 8 heteroatoms. The van der Waals surface area contributed by atoms with Gasteiger partial charge < -0.3 is 10.6 Å². The topological polar surface area (TPSA) is 92.7 Å². The normalized spacial score (nSPS) is 10.1. The van der Waals surface area contributed by atoms with E-state index < -0.39 is 0 Å². The number of anilines is 2. The van der Waals surface area contributed by atoms with Crippen molar-refractivity contribution >= 4 is 33.5 Å². The molecule has 0 fully saturated rings. The zero-order chi connectivity index (χ0) is 14.4. The molecule has 2 heterocycles. The number of hydrogen-bond donors (Lipinski definition) is 2. The molecule has 104 valence electrons. The van der Waals surface area contributed by atoms with Crippen LogP contribution >= 0.6 is 15.9 Å². The minimum Gasteiger partial charge on any atom is -0.369 e. The van der Waals surface area contributed by atoms with Crippen LogP contribution in [0.4, 0.5) is 11.6 Å². The van der Waals surface area contributed by atoms with Crippen LogP contribution in [0, 0.1) is 0 Å². The molecule has 0 aromatic carbocycles. The van der Waals surface area contributed by atoms with Crippen molar-refractivity contribution in [2.75, 3.05) is 17.2 Å². The molecule has 0 aliphatic heterocycles. The Balaban J connectivity index is 2.06. The highest BCUT2D eigenvalue weighted by Gasteiger charge is 2.10. The van der Waals surface area contributed by atoms with Crippen LogP contribution in [0.2, 0.25) is 0 Å². The molecule has 0 saturated carbocycles. The molecule has 0 spiro atoms. The molecule has 2 rings (SSSR count). The molecule has 0 bridgehead atoms. The molecule has 2 N–H and O–H groups in total. The Bertz CT molecular complexity index is 589. The number of nitrogens with one attached hydrogen (secondary N) is 2. The van der Waals surface area contributed by atoms with Gasteiger partial charge >= 0.3 is 0 Å². The quantitative estimate of drug-likeness (QED) is 0.868. The molecule has 0 aliphatic rings. The van der Waals surface area contributed by atoms with E-state index in [1.807, 2.05) is 6.92 Å². The van der Waals surface area contributed by atoms with Gasteiger partial charge in [0, 0.05) is 6.54 Å². The Kier molecular flexibility index (Phi) is 4.94. The molecule has 0 aliphatic carbocycles. The van der Waals surface area contributed by atoms with Crippen LogP contribution in [0.5, 0.6) is 0 Å². The van der Waals surface area contributed by atoms with Crippen LogP contribution in [-0.4, -0.2) is 32.4 Å². The van der Waals surface area contributed by atoms with Gasteiger partial charge in [-0.15, -0.1) is 0 Å². The zero-order valence-corrected chi connectivity index (χ0v) is 12.4. The average Bonchev–Trinajstić information content (AvgIpc) is 2.48. The maximum absolute atomic E-state index is 12.0. The first-order valence-electron chi connectivity index (χ1n) is 6.04. The summed E-state index contributed by atoms with van der Waals surface area (Å²) in [6.07, 6.45) is 6.90. The lowest BCUT2D eigenvalue weighted by molar-refractivity contribution is 0.102. The van der Waals surface area contributed by atoms with E-state index in [0.717, 1.165) is 13.0 Å². The largest absolute Gasteiger partial charge is 0.369 e. The van der Waals surface area contributed by atoms with Gasteiger partial charge in [-0.2, -0.15) is 0 Å². The van der Waals surface area contributed by atoms with Crippen molar-refractivity contribution in [2.45, 2.75) is 13.3 Å². The summed E-state index contributed by atoms with van der Waals surface area (Å²) in [5.41, 5.74) is 0.218. The highest BCUT2D eigenvalue weighted by molar-refractivity contribution is 9.10. The molecule has 0 atom stereocenters. The smallest absolute Gasteiger partial charge is 0.277 e. The molecule has 0 radical (unpaired) electrons. The summed E-state index contributed by atoms with van der Waals surface area (Å²) in [7, 11) is 0. The second-order valence-electron chi connectivity index (χ2n) is 3.89. The van der Waals surface area contributed by atoms with Crippen LogP contribution in [0.25, 0.3) is 0 Å². The van der Waals surface area contributed by atoms with Crippen molar-refractivity contribution < 1.29 is 4.79 Å². The van der Waals surface area contributed by atoms with E-state index in [4.69, 9.17) is 0 Å². The van der Waals surface area contributed by atoms with Crippen LogP contribution in [0.3, 0.4) is 0 Å². The van der Waals surface area contributed by atoms with Gasteiger partial charge in [0.25, 0.3) is 5.91 Å². The molecule has 2 aromatic heterocycles. The first kappa shape index (κ1) is 14.3. The van der Waals surface area contributed by atoms with Gasteiger partial charge in [-0.1, -0.05) is 6.92 Å². The summed E-state index contributed by atoms with van der Waals surface area (Å²) in [6.45, 7) is 2.82. The SMILES string of the molecule is CCCNc1cncc(C(=O)Nc2cnc(Br)cn2)n1. The predicted molar refractivity (Wildman–Crippen MR) is 78.5 cm³/mol. The van der Waals surface area contributed by atoms with Gasteiger partial charge in [-0.25, -0.2) is 15.0 Å². The maximum atomic E-state index is 12.0. The third kappa shape index (κ3) is 3.95. The number of carbonyl (C=O) groups is 1. The van der Waals surface area contributed by atoms with Crippen molar-refractivity contribution in [3.8, 4) is 0 Å². The Morgan fingerprint density at radius 2 is 2.05 bits per heavy atom. The molecule has 2 aromatic rings. The van der Waals surface area contributed by atoms with Crippen LogP contribution in [-0.2, 0) is 0 Å². The first-order valence-corrected chi connectivity index (χ1v) is 6.83. The summed E-state index contributed by atoms with van der Waals surface area (Å²) in [6, 6.07) is 0. The van der Waals surface area contributed by atoms with Crippen molar-refractivity contribution in [1.29, 1.82) is 0 Å². The summed E-state index contributed by atoms with van der Waals surface area (Å²) >= 11 is 3.17. The molecule has 20 heavy (non-hydrogen) atoms. The summed E-state index contributed by atoms with van der Waals surface area (Å²) in [5.74, 6) is 0.544. The number of hydrogen-bond acceptors (Lipinski definition) is 6. The molecular formula is C12H13BrN6O. The molecule has 0 unspecified atom stereocenters. The van der Waals surface area contributed by atoms with Gasteiger partial charge in [0.1, 0.15) is 16.1 Å². The predicted octanol–water partition coefficient (Wildman–Crippen LogP) is 2.10. The minimum atomic E-state index is -0.380. The number of aromatic nitrogens is 4. The highest BCUT2D eigenvalue weighted by Crippen LogP contribution is 2.08. The summed E-state index contributed by atoms with van der Waals surface area (Å²) in [4.78, 5) is 28.2. The average molecular weight is 337 g/mol. The Labute approximate surface area is 124 Å². The van der Waals surface area contributed by atoms with Crippen molar-refractivity contribution in [1.82, 2.24) is 19.9 Å². The number of nitrogens with zero attached hydrogens (tertiary/aromatic N) is 4. The first-order chi connectivity index (χ1) is 9.69. The van der Waals surface area contributed by atoms with E-state index in [1.165, 1.54) is 18.6 Å². The lowest BCUT2D eigenvalue weighted by Crippen LogP contribution is -2.16. The van der Waals surface area contributed by atoms with Crippen molar-refractivity contribution in [3.63, 3.8) is 0 Å². The highest BCUT2D eigenvalue weighted by atomic mass is 79.9. The fourth-order valence-corrected chi connectivity index (χ4v) is 1.58. The van der Waals surface area contributed by atoms with Gasteiger partial charge in [0.05, 0.1) is 24.8 Å². The van der Waals surface area contributed by atoms with Crippen molar-refractivity contribution in [2.24, 2.45) is 0 Å². The van der Waals surface area contributed by atoms with Gasteiger partial charge in [-0.3, -0.25) is 9.78 Å². The summed E-state index contributed by atoms with van der Waals surface area (Å²) in [5, 5.41) is 5.68. The van der Waals surface area contributed by atoms with E-state index in [1.54, 1.807) is 6.20 Å². The van der Waals surface area contributed by atoms with Crippen molar-refractivity contribution in [3.05, 3.63) is 35.1 Å². The fraction of sp³-hybridized carbons (Fsp3) is 0.250. The van der Waals surface area contributed by atoms with Crippen LogP contribution in [0.1, 0.15) is 23.8 Å². The van der Waals surface area contributed by atoms with E-state index in [9.17, 15) is 4.79 Å². The van der Waals surface area contributed by atoms with Gasteiger partial charge in [0.15, 0.2) is 5.82 Å². The van der Waals surface area contributed by atoms with E-state index in [2.05, 4.69) is 46.5 Å². The Hall–Kier alpha value is -2.09. The monoisotopic (exact) mass is 336 g/mol. The standard InChI is InChI=1S/C12H13BrN6O/c1-2-3-15-10-6-14-4-8(18-10)12(20)19-11-7-16-9(13)5-17-11/h4-7H,2-3H2,1H3,(H,15,18)(H,17,19,20). The molecular weight excluding hydrogens is 324 g/mol. The summed E-state index contributed by atoms with van der Waals surface area (Å²) < 4.78 is 0.598. The minimum absolute atomic E-state index is 0.218. The Morgan fingerprint density at radius 1 is 1.20 bits per heavy atom. The molecule has 0 saturated heterocycles. The van der Waals surface area contributed by atoms with Gasteiger partial charge in [-0.05, 0) is 22.4 Å². The lowest BCUT2D eigenvalue weighted by Gasteiger charge is -2.06. The number of amides is 1. The van der Waals surface area contributed by atoms with Gasteiger partial charge in [0.2, 0.25) is 0 Å². The number of carbonyl (C=O) groups excluding carboxylic acids is 1. The maximum Gasteiger partial charge on any atom is 0.277 e. The molecule has 7 nitrogen and oxygen atoms in total. The van der Waals surface area contributed by atoms with Crippen LogP contribution < -0.4 is 10.6 Å². The lowest BCUT2D eigenvalue weighted by atomic mass is 10.4. The second-order valence-corrected chi connectivity index (χ2v) is 4.71. The van der Waals surface area contributed by atoms with E-state index >= 15 is 0 Å². The number of rotatable bonds is 5. The third-order valence-electron chi connectivity index (χ3n) is 2.29.